The quantitative estimate of drug-likeness (QED) is 0.450. The molecule has 9 nitrogen and oxygen atoms in total. The number of aliphatic hydroxyl groups excluding tert-OH is 2. The van der Waals surface area contributed by atoms with Crippen LogP contribution >= 0.6 is 0 Å². The number of carbonyl (C=O) groups excluding carboxylic acids is 2. The predicted molar refractivity (Wildman–Crippen MR) is 134 cm³/mol. The van der Waals surface area contributed by atoms with Crippen molar-refractivity contribution in [2.75, 3.05) is 52.5 Å². The molecule has 2 aliphatic rings. The highest BCUT2D eigenvalue weighted by molar-refractivity contribution is 5.90. The number of nitrogens with zero attached hydrogens (tertiary/aromatic N) is 2. The van der Waals surface area contributed by atoms with E-state index in [-0.39, 0.29) is 6.54 Å². The van der Waals surface area contributed by atoms with E-state index in [0.29, 0.717) is 19.7 Å². The lowest BCUT2D eigenvalue weighted by Crippen LogP contribution is -2.50. The van der Waals surface area contributed by atoms with E-state index in [1.165, 1.54) is 4.90 Å². The molecule has 194 valence electrons. The Balaban J connectivity index is 1.29. The molecular weight excluding hydrogens is 462 g/mol. The summed E-state index contributed by atoms with van der Waals surface area (Å²) in [6.07, 6.45) is -1.84. The Morgan fingerprint density at radius 2 is 1.64 bits per heavy atom. The van der Waals surface area contributed by atoms with Gasteiger partial charge in [-0.25, -0.2) is 0 Å². The van der Waals surface area contributed by atoms with Crippen molar-refractivity contribution in [1.29, 1.82) is 0 Å². The predicted octanol–water partition coefficient (Wildman–Crippen LogP) is 1.03. The van der Waals surface area contributed by atoms with E-state index in [2.05, 4.69) is 10.2 Å². The molecule has 0 unspecified atom stereocenters. The molecule has 4 rings (SSSR count). The molecule has 2 aromatic rings. The molecule has 0 spiro atoms. The van der Waals surface area contributed by atoms with Crippen molar-refractivity contribution in [3.05, 3.63) is 54.1 Å². The zero-order chi connectivity index (χ0) is 25.3. The van der Waals surface area contributed by atoms with Gasteiger partial charge in [-0.1, -0.05) is 42.5 Å². The van der Waals surface area contributed by atoms with E-state index in [4.69, 9.17) is 9.47 Å². The topological polar surface area (TPSA) is 112 Å². The van der Waals surface area contributed by atoms with E-state index in [1.54, 1.807) is 0 Å². The number of aliphatic hydroxyl groups is 2. The molecule has 2 atom stereocenters. The van der Waals surface area contributed by atoms with E-state index in [9.17, 15) is 19.8 Å². The lowest BCUT2D eigenvalue weighted by Gasteiger charge is -2.26. The van der Waals surface area contributed by atoms with Gasteiger partial charge in [0.1, 0.15) is 12.4 Å². The van der Waals surface area contributed by atoms with Gasteiger partial charge in [0.05, 0.1) is 13.2 Å². The van der Waals surface area contributed by atoms with Crippen LogP contribution in [-0.2, 0) is 20.9 Å². The monoisotopic (exact) mass is 497 g/mol. The summed E-state index contributed by atoms with van der Waals surface area (Å²) in [5.41, 5.74) is 2.79. The summed E-state index contributed by atoms with van der Waals surface area (Å²) in [6, 6.07) is 15.6. The van der Waals surface area contributed by atoms with E-state index in [0.717, 1.165) is 68.1 Å². The van der Waals surface area contributed by atoms with Gasteiger partial charge in [0.25, 0.3) is 11.8 Å². The third kappa shape index (κ3) is 6.82. The minimum absolute atomic E-state index is 0.165. The molecule has 2 heterocycles. The summed E-state index contributed by atoms with van der Waals surface area (Å²) in [6.45, 7) is 6.06. The standard InChI is InChI=1S/C27H35N3O6/c31-24(25(32)27(34)30-11-3-4-12-30)26(33)28-19-20-7-9-21(10-8-20)22-5-1-2-6-23(22)36-18-15-29-13-16-35-17-14-29/h1-2,5-10,24-25,31-32H,3-4,11-19H2,(H,28,33)/t24-,25-/m1/s1. The first-order chi connectivity index (χ1) is 17.5. The molecule has 0 radical (unpaired) electrons. The summed E-state index contributed by atoms with van der Waals surface area (Å²) < 4.78 is 11.5. The molecule has 2 fully saturated rings. The molecule has 9 heteroatoms. The number of carbonyl (C=O) groups is 2. The van der Waals surface area contributed by atoms with Crippen molar-refractivity contribution >= 4 is 11.8 Å². The summed E-state index contributed by atoms with van der Waals surface area (Å²) in [7, 11) is 0. The van der Waals surface area contributed by atoms with E-state index < -0.39 is 24.0 Å². The molecule has 2 aliphatic heterocycles. The van der Waals surface area contributed by atoms with Gasteiger partial charge in [-0.15, -0.1) is 0 Å². The van der Waals surface area contributed by atoms with Crippen molar-refractivity contribution in [3.63, 3.8) is 0 Å². The third-order valence-electron chi connectivity index (χ3n) is 6.63. The fraction of sp³-hybridized carbons (Fsp3) is 0.481. The van der Waals surface area contributed by atoms with Crippen molar-refractivity contribution in [2.45, 2.75) is 31.6 Å². The maximum Gasteiger partial charge on any atom is 0.254 e. The van der Waals surface area contributed by atoms with Gasteiger partial charge in [0.15, 0.2) is 12.2 Å². The van der Waals surface area contributed by atoms with Crippen LogP contribution in [0.4, 0.5) is 0 Å². The highest BCUT2D eigenvalue weighted by atomic mass is 16.5. The van der Waals surface area contributed by atoms with Gasteiger partial charge in [-0.2, -0.15) is 0 Å². The van der Waals surface area contributed by atoms with Crippen molar-refractivity contribution in [2.24, 2.45) is 0 Å². The Kier molecular flexibility index (Phi) is 9.29. The van der Waals surface area contributed by atoms with Crippen molar-refractivity contribution in [3.8, 4) is 16.9 Å². The van der Waals surface area contributed by atoms with E-state index >= 15 is 0 Å². The molecule has 2 amide bonds. The number of benzene rings is 2. The Morgan fingerprint density at radius 1 is 0.944 bits per heavy atom. The second kappa shape index (κ2) is 12.8. The van der Waals surface area contributed by atoms with Gasteiger partial charge in [0, 0.05) is 44.8 Å². The van der Waals surface area contributed by atoms with Crippen LogP contribution < -0.4 is 10.1 Å². The number of likely N-dealkylation sites (tertiary alicyclic amines) is 1. The second-order valence-electron chi connectivity index (χ2n) is 9.14. The summed E-state index contributed by atoms with van der Waals surface area (Å²) >= 11 is 0. The minimum Gasteiger partial charge on any atom is -0.492 e. The molecule has 0 bridgehead atoms. The summed E-state index contributed by atoms with van der Waals surface area (Å²) in [5, 5.41) is 22.9. The molecule has 2 aromatic carbocycles. The lowest BCUT2D eigenvalue weighted by molar-refractivity contribution is -0.152. The Hall–Kier alpha value is -2.98. The maximum absolute atomic E-state index is 12.3. The maximum atomic E-state index is 12.3. The van der Waals surface area contributed by atoms with Crippen LogP contribution in [0.1, 0.15) is 18.4 Å². The fourth-order valence-electron chi connectivity index (χ4n) is 4.44. The molecule has 36 heavy (non-hydrogen) atoms. The van der Waals surface area contributed by atoms with Crippen LogP contribution in [0, 0.1) is 0 Å². The average Bonchev–Trinajstić information content (AvgIpc) is 3.47. The van der Waals surface area contributed by atoms with Gasteiger partial charge in [-0.05, 0) is 30.0 Å². The number of ether oxygens (including phenoxy) is 2. The number of morpholine rings is 1. The highest BCUT2D eigenvalue weighted by Gasteiger charge is 2.34. The molecule has 0 saturated carbocycles. The molecule has 3 N–H and O–H groups in total. The van der Waals surface area contributed by atoms with Gasteiger partial charge in [-0.3, -0.25) is 14.5 Å². The first kappa shape index (κ1) is 26.1. The largest absolute Gasteiger partial charge is 0.492 e. The third-order valence-corrected chi connectivity index (χ3v) is 6.63. The molecule has 2 saturated heterocycles. The Bertz CT molecular complexity index is 1000. The lowest BCUT2D eigenvalue weighted by atomic mass is 10.0. The van der Waals surface area contributed by atoms with Crippen LogP contribution in [0.3, 0.4) is 0 Å². The van der Waals surface area contributed by atoms with Crippen LogP contribution in [-0.4, -0.2) is 96.6 Å². The fourth-order valence-corrected chi connectivity index (χ4v) is 4.44. The zero-order valence-electron chi connectivity index (χ0n) is 20.5. The zero-order valence-corrected chi connectivity index (χ0v) is 20.5. The number of para-hydroxylation sites is 1. The summed E-state index contributed by atoms with van der Waals surface area (Å²) in [4.78, 5) is 28.3. The molecule has 0 aliphatic carbocycles. The number of hydrogen-bond acceptors (Lipinski definition) is 7. The SMILES string of the molecule is O=C(NCc1ccc(-c2ccccc2OCCN2CCOCC2)cc1)[C@H](O)[C@@H](O)C(=O)N1CCCC1. The minimum atomic E-state index is -1.81. The Morgan fingerprint density at radius 3 is 2.36 bits per heavy atom. The van der Waals surface area contributed by atoms with Crippen LogP contribution in [0.15, 0.2) is 48.5 Å². The molecular formula is C27H35N3O6. The van der Waals surface area contributed by atoms with Crippen LogP contribution in [0.25, 0.3) is 11.1 Å². The molecule has 0 aromatic heterocycles. The number of rotatable bonds is 10. The summed E-state index contributed by atoms with van der Waals surface area (Å²) in [5.74, 6) is -0.574. The van der Waals surface area contributed by atoms with Crippen molar-refractivity contribution in [1.82, 2.24) is 15.1 Å². The number of nitrogens with one attached hydrogen (secondary N) is 1. The first-order valence-electron chi connectivity index (χ1n) is 12.6. The first-order valence-corrected chi connectivity index (χ1v) is 12.6. The van der Waals surface area contributed by atoms with E-state index in [1.807, 2.05) is 48.5 Å². The number of hydrogen-bond donors (Lipinski definition) is 3. The van der Waals surface area contributed by atoms with Gasteiger partial charge >= 0.3 is 0 Å². The van der Waals surface area contributed by atoms with Crippen LogP contribution in [0.2, 0.25) is 0 Å². The highest BCUT2D eigenvalue weighted by Crippen LogP contribution is 2.30. The smallest absolute Gasteiger partial charge is 0.254 e. The second-order valence-corrected chi connectivity index (χ2v) is 9.14. The average molecular weight is 498 g/mol. The number of amides is 2. The van der Waals surface area contributed by atoms with Crippen LogP contribution in [0.5, 0.6) is 5.75 Å². The normalized spacial score (nSPS) is 18.0. The van der Waals surface area contributed by atoms with Crippen molar-refractivity contribution < 1.29 is 29.3 Å². The van der Waals surface area contributed by atoms with Gasteiger partial charge in [0.2, 0.25) is 0 Å². The van der Waals surface area contributed by atoms with Gasteiger partial charge < -0.3 is 29.9 Å². The Labute approximate surface area is 211 Å².